The number of ether oxygens (including phenoxy) is 1. The first-order chi connectivity index (χ1) is 11.3. The first-order valence-electron chi connectivity index (χ1n) is 8.10. The molecule has 2 aliphatic heterocycles. The maximum atomic E-state index is 12.8. The zero-order valence-corrected chi connectivity index (χ0v) is 13.0. The third-order valence-corrected chi connectivity index (χ3v) is 4.53. The van der Waals surface area contributed by atoms with E-state index in [2.05, 4.69) is 15.1 Å². The highest BCUT2D eigenvalue weighted by molar-refractivity contribution is 6.06. The number of nitrogens with zero attached hydrogens (tertiary/aromatic N) is 3. The molecule has 0 unspecified atom stereocenters. The van der Waals surface area contributed by atoms with Crippen LogP contribution in [-0.2, 0) is 11.2 Å². The number of hydrogen-bond donors (Lipinski definition) is 1. The lowest BCUT2D eigenvalue weighted by Gasteiger charge is -2.29. The summed E-state index contributed by atoms with van der Waals surface area (Å²) in [5.74, 6) is 0.0425. The summed E-state index contributed by atoms with van der Waals surface area (Å²) in [6.07, 6.45) is 3.66. The summed E-state index contributed by atoms with van der Waals surface area (Å²) in [6, 6.07) is 7.89. The number of fused-ring (bicyclic) bond motifs is 1. The molecule has 23 heavy (non-hydrogen) atoms. The molecule has 3 heterocycles. The second kappa shape index (κ2) is 6.04. The smallest absolute Gasteiger partial charge is 0.258 e. The fraction of sp³-hybridized carbons (Fsp3) is 0.412. The van der Waals surface area contributed by atoms with Gasteiger partial charge in [0.25, 0.3) is 5.91 Å². The largest absolute Gasteiger partial charge is 0.378 e. The normalized spacial score (nSPS) is 17.9. The zero-order valence-electron chi connectivity index (χ0n) is 13.0. The number of carbonyl (C=O) groups is 1. The van der Waals surface area contributed by atoms with Gasteiger partial charge in [0, 0.05) is 30.9 Å². The third kappa shape index (κ3) is 2.70. The van der Waals surface area contributed by atoms with E-state index >= 15 is 0 Å². The molecule has 0 saturated carbocycles. The fourth-order valence-electron chi connectivity index (χ4n) is 3.26. The number of aryl methyl sites for hydroxylation is 1. The molecule has 0 atom stereocenters. The Morgan fingerprint density at radius 3 is 2.70 bits per heavy atom. The van der Waals surface area contributed by atoms with Crippen molar-refractivity contribution in [2.75, 3.05) is 42.6 Å². The monoisotopic (exact) mass is 312 g/mol. The van der Waals surface area contributed by atoms with E-state index < -0.39 is 0 Å². The number of aromatic amines is 1. The quantitative estimate of drug-likeness (QED) is 0.919. The number of H-pyrrole nitrogens is 1. The van der Waals surface area contributed by atoms with Crippen molar-refractivity contribution in [1.82, 2.24) is 10.2 Å². The van der Waals surface area contributed by atoms with E-state index in [4.69, 9.17) is 4.74 Å². The molecule has 1 N–H and O–H groups in total. The van der Waals surface area contributed by atoms with Crippen LogP contribution in [0.2, 0.25) is 0 Å². The first kappa shape index (κ1) is 14.3. The molecule has 2 aliphatic rings. The standard InChI is InChI=1S/C17H20N4O2/c22-17(21-7-1-2-15-16(21)12-18-19-15)13-3-5-14(6-4-13)20-8-10-23-11-9-20/h3-6,12H,1-2,7-11H2,(H,18,19). The summed E-state index contributed by atoms with van der Waals surface area (Å²) in [6.45, 7) is 4.07. The Morgan fingerprint density at radius 2 is 1.91 bits per heavy atom. The van der Waals surface area contributed by atoms with Gasteiger partial charge < -0.3 is 14.5 Å². The summed E-state index contributed by atoms with van der Waals surface area (Å²) in [5, 5.41) is 7.05. The number of morpholine rings is 1. The lowest BCUT2D eigenvalue weighted by atomic mass is 10.1. The number of amides is 1. The van der Waals surface area contributed by atoms with Gasteiger partial charge in [-0.15, -0.1) is 0 Å². The third-order valence-electron chi connectivity index (χ3n) is 4.53. The van der Waals surface area contributed by atoms with E-state index in [9.17, 15) is 4.79 Å². The maximum absolute atomic E-state index is 12.8. The van der Waals surface area contributed by atoms with Crippen molar-refractivity contribution in [3.8, 4) is 0 Å². The van der Waals surface area contributed by atoms with Gasteiger partial charge in [-0.05, 0) is 37.1 Å². The van der Waals surface area contributed by atoms with Crippen LogP contribution in [0.25, 0.3) is 0 Å². The second-order valence-electron chi connectivity index (χ2n) is 5.94. The summed E-state index contributed by atoms with van der Waals surface area (Å²) < 4.78 is 5.38. The molecule has 1 amide bonds. The van der Waals surface area contributed by atoms with Gasteiger partial charge in [0.15, 0.2) is 0 Å². The van der Waals surface area contributed by atoms with E-state index in [1.54, 1.807) is 6.20 Å². The SMILES string of the molecule is O=C(c1ccc(N2CCOCC2)cc1)N1CCCc2[nH]ncc21. The summed E-state index contributed by atoms with van der Waals surface area (Å²) >= 11 is 0. The first-order valence-corrected chi connectivity index (χ1v) is 8.10. The van der Waals surface area contributed by atoms with Crippen LogP contribution in [0.5, 0.6) is 0 Å². The Morgan fingerprint density at radius 1 is 1.13 bits per heavy atom. The van der Waals surface area contributed by atoms with Crippen molar-refractivity contribution < 1.29 is 9.53 Å². The van der Waals surface area contributed by atoms with Crippen LogP contribution in [0.15, 0.2) is 30.5 Å². The van der Waals surface area contributed by atoms with Gasteiger partial charge in [-0.3, -0.25) is 9.89 Å². The van der Waals surface area contributed by atoms with Gasteiger partial charge in [0.2, 0.25) is 0 Å². The van der Waals surface area contributed by atoms with Gasteiger partial charge >= 0.3 is 0 Å². The predicted molar refractivity (Wildman–Crippen MR) is 88.1 cm³/mol. The van der Waals surface area contributed by atoms with E-state index in [-0.39, 0.29) is 5.91 Å². The highest BCUT2D eigenvalue weighted by Crippen LogP contribution is 2.27. The minimum absolute atomic E-state index is 0.0425. The lowest BCUT2D eigenvalue weighted by molar-refractivity contribution is 0.0985. The molecule has 1 aromatic heterocycles. The van der Waals surface area contributed by atoms with Gasteiger partial charge in [-0.1, -0.05) is 0 Å². The Balaban J connectivity index is 1.53. The number of anilines is 2. The highest BCUT2D eigenvalue weighted by Gasteiger charge is 2.25. The summed E-state index contributed by atoms with van der Waals surface area (Å²) in [7, 11) is 0. The number of aromatic nitrogens is 2. The van der Waals surface area contributed by atoms with E-state index in [0.717, 1.165) is 68.3 Å². The van der Waals surface area contributed by atoms with Crippen molar-refractivity contribution in [2.24, 2.45) is 0 Å². The van der Waals surface area contributed by atoms with Crippen molar-refractivity contribution in [3.63, 3.8) is 0 Å². The van der Waals surface area contributed by atoms with Crippen molar-refractivity contribution in [3.05, 3.63) is 41.7 Å². The molecule has 2 aromatic rings. The Kier molecular flexibility index (Phi) is 3.75. The van der Waals surface area contributed by atoms with Gasteiger partial charge in [-0.2, -0.15) is 5.10 Å². The topological polar surface area (TPSA) is 61.5 Å². The Labute approximate surface area is 135 Å². The van der Waals surface area contributed by atoms with Crippen LogP contribution in [0.1, 0.15) is 22.5 Å². The number of rotatable bonds is 2. The predicted octanol–water partition coefficient (Wildman–Crippen LogP) is 1.84. The van der Waals surface area contributed by atoms with Gasteiger partial charge in [0.1, 0.15) is 0 Å². The number of benzene rings is 1. The van der Waals surface area contributed by atoms with E-state index in [0.29, 0.717) is 0 Å². The van der Waals surface area contributed by atoms with Crippen LogP contribution >= 0.6 is 0 Å². The molecule has 4 rings (SSSR count). The lowest BCUT2D eigenvalue weighted by Crippen LogP contribution is -2.36. The minimum Gasteiger partial charge on any atom is -0.378 e. The molecule has 0 aliphatic carbocycles. The van der Waals surface area contributed by atoms with E-state index in [1.165, 1.54) is 0 Å². The highest BCUT2D eigenvalue weighted by atomic mass is 16.5. The van der Waals surface area contributed by atoms with Crippen LogP contribution in [-0.4, -0.2) is 49.0 Å². The molecule has 0 radical (unpaired) electrons. The van der Waals surface area contributed by atoms with Crippen LogP contribution < -0.4 is 9.80 Å². The maximum Gasteiger partial charge on any atom is 0.258 e. The molecule has 1 aromatic carbocycles. The zero-order chi connectivity index (χ0) is 15.6. The molecule has 0 bridgehead atoms. The number of carbonyl (C=O) groups excluding carboxylic acids is 1. The van der Waals surface area contributed by atoms with Crippen LogP contribution in [0.4, 0.5) is 11.4 Å². The van der Waals surface area contributed by atoms with Crippen LogP contribution in [0, 0.1) is 0 Å². The molecular weight excluding hydrogens is 292 g/mol. The van der Waals surface area contributed by atoms with Crippen LogP contribution in [0.3, 0.4) is 0 Å². The summed E-state index contributed by atoms with van der Waals surface area (Å²) in [5.41, 5.74) is 3.83. The minimum atomic E-state index is 0.0425. The molecular formula is C17H20N4O2. The van der Waals surface area contributed by atoms with Crippen molar-refractivity contribution in [2.45, 2.75) is 12.8 Å². The van der Waals surface area contributed by atoms with Crippen molar-refractivity contribution in [1.29, 1.82) is 0 Å². The van der Waals surface area contributed by atoms with Gasteiger partial charge in [-0.25, -0.2) is 0 Å². The van der Waals surface area contributed by atoms with Gasteiger partial charge in [0.05, 0.1) is 30.8 Å². The molecule has 1 fully saturated rings. The molecule has 0 spiro atoms. The fourth-order valence-corrected chi connectivity index (χ4v) is 3.26. The van der Waals surface area contributed by atoms with Crippen molar-refractivity contribution >= 4 is 17.3 Å². The molecule has 120 valence electrons. The van der Waals surface area contributed by atoms with E-state index in [1.807, 2.05) is 29.2 Å². The Bertz CT molecular complexity index is 689. The Hall–Kier alpha value is -2.34. The average Bonchev–Trinajstić information content (AvgIpc) is 3.11. The number of nitrogens with one attached hydrogen (secondary N) is 1. The average molecular weight is 312 g/mol. The number of hydrogen-bond acceptors (Lipinski definition) is 4. The summed E-state index contributed by atoms with van der Waals surface area (Å²) in [4.78, 5) is 16.9. The molecule has 6 heteroatoms. The second-order valence-corrected chi connectivity index (χ2v) is 5.94. The molecule has 6 nitrogen and oxygen atoms in total. The molecule has 1 saturated heterocycles.